The Hall–Kier alpha value is -3.03. The summed E-state index contributed by atoms with van der Waals surface area (Å²) in [6.07, 6.45) is 2.47. The lowest BCUT2D eigenvalue weighted by atomic mass is 9.99. The summed E-state index contributed by atoms with van der Waals surface area (Å²) in [5.41, 5.74) is 3.46. The smallest absolute Gasteiger partial charge is 0.264 e. The molecule has 2 unspecified atom stereocenters. The van der Waals surface area contributed by atoms with Gasteiger partial charge in [-0.3, -0.25) is 9.10 Å². The molecule has 1 amide bonds. The van der Waals surface area contributed by atoms with Crippen molar-refractivity contribution in [3.05, 3.63) is 88.9 Å². The van der Waals surface area contributed by atoms with Crippen LogP contribution in [0.4, 0.5) is 11.4 Å². The average Bonchev–Trinajstić information content (AvgIpc) is 2.88. The molecular formula is C29H34ClN3O3S. The van der Waals surface area contributed by atoms with Crippen molar-refractivity contribution in [2.24, 2.45) is 5.92 Å². The number of hydrogen-bond acceptors (Lipinski definition) is 4. The number of benzene rings is 3. The van der Waals surface area contributed by atoms with Gasteiger partial charge in [-0.25, -0.2) is 8.42 Å². The van der Waals surface area contributed by atoms with Gasteiger partial charge in [0, 0.05) is 23.8 Å². The molecule has 4 rings (SSSR count). The molecule has 0 radical (unpaired) electrons. The second-order valence-corrected chi connectivity index (χ2v) is 12.2. The Kier molecular flexibility index (Phi) is 8.45. The van der Waals surface area contributed by atoms with E-state index >= 15 is 0 Å². The van der Waals surface area contributed by atoms with E-state index in [1.165, 1.54) is 18.5 Å². The zero-order chi connectivity index (χ0) is 26.6. The van der Waals surface area contributed by atoms with E-state index in [4.69, 9.17) is 11.6 Å². The molecule has 0 spiro atoms. The number of carbonyl (C=O) groups excluding carboxylic acids is 1. The highest BCUT2D eigenvalue weighted by atomic mass is 35.5. The van der Waals surface area contributed by atoms with Gasteiger partial charge in [0.2, 0.25) is 5.91 Å². The number of nitrogens with zero attached hydrogens (tertiary/aromatic N) is 2. The third-order valence-corrected chi connectivity index (χ3v) is 8.84. The van der Waals surface area contributed by atoms with E-state index in [1.54, 1.807) is 48.5 Å². The van der Waals surface area contributed by atoms with Crippen LogP contribution in [0.5, 0.6) is 0 Å². The molecule has 37 heavy (non-hydrogen) atoms. The summed E-state index contributed by atoms with van der Waals surface area (Å²) in [4.78, 5) is 15.6. The van der Waals surface area contributed by atoms with Crippen LogP contribution in [0.15, 0.2) is 77.7 Å². The van der Waals surface area contributed by atoms with Gasteiger partial charge in [-0.15, -0.1) is 0 Å². The molecule has 196 valence electrons. The highest BCUT2D eigenvalue weighted by Gasteiger charge is 2.28. The molecule has 0 bridgehead atoms. The number of nitrogens with one attached hydrogen (secondary N) is 1. The number of amides is 1. The Balaban J connectivity index is 1.49. The number of rotatable bonds is 8. The van der Waals surface area contributed by atoms with Gasteiger partial charge in [-0.2, -0.15) is 0 Å². The quantitative estimate of drug-likeness (QED) is 0.383. The average molecular weight is 540 g/mol. The van der Waals surface area contributed by atoms with Crippen molar-refractivity contribution in [3.8, 4) is 0 Å². The minimum Gasteiger partial charge on any atom is -0.371 e. The van der Waals surface area contributed by atoms with Gasteiger partial charge in [0.15, 0.2) is 0 Å². The van der Waals surface area contributed by atoms with Crippen LogP contribution >= 0.6 is 11.6 Å². The van der Waals surface area contributed by atoms with Crippen molar-refractivity contribution in [2.75, 3.05) is 28.8 Å². The van der Waals surface area contributed by atoms with Crippen molar-refractivity contribution in [3.63, 3.8) is 0 Å². The zero-order valence-electron chi connectivity index (χ0n) is 21.5. The van der Waals surface area contributed by atoms with Gasteiger partial charge in [0.1, 0.15) is 6.54 Å². The van der Waals surface area contributed by atoms with Crippen molar-refractivity contribution >= 4 is 38.9 Å². The lowest BCUT2D eigenvalue weighted by molar-refractivity contribution is -0.120. The first-order valence-electron chi connectivity index (χ1n) is 12.6. The Morgan fingerprint density at radius 2 is 1.70 bits per heavy atom. The van der Waals surface area contributed by atoms with Crippen molar-refractivity contribution in [1.82, 2.24) is 5.32 Å². The molecule has 3 aromatic carbocycles. The fourth-order valence-corrected chi connectivity index (χ4v) is 6.21. The summed E-state index contributed by atoms with van der Waals surface area (Å²) in [6, 6.07) is 21.0. The predicted octanol–water partition coefficient (Wildman–Crippen LogP) is 5.96. The number of aryl methyl sites for hydroxylation is 1. The van der Waals surface area contributed by atoms with Crippen molar-refractivity contribution < 1.29 is 13.2 Å². The first kappa shape index (κ1) is 27.0. The van der Waals surface area contributed by atoms with Gasteiger partial charge in [0.25, 0.3) is 10.0 Å². The molecule has 1 fully saturated rings. The number of hydrogen-bond donors (Lipinski definition) is 1. The number of piperidine rings is 1. The SMILES string of the molecule is Cc1ccc(S(=O)(=O)N(CC(=O)NC(C)c2ccc(N3CCCC(C)C3)cc2)c2ccc(Cl)cc2)cc1. The molecule has 6 nitrogen and oxygen atoms in total. The first-order valence-corrected chi connectivity index (χ1v) is 14.4. The van der Waals surface area contributed by atoms with Crippen LogP contribution in [0.1, 0.15) is 43.9 Å². The Morgan fingerprint density at radius 1 is 1.05 bits per heavy atom. The Labute approximate surface area is 225 Å². The second kappa shape index (κ2) is 11.6. The van der Waals surface area contributed by atoms with Crippen LogP contribution in [0, 0.1) is 12.8 Å². The number of anilines is 2. The normalized spacial score (nSPS) is 16.8. The third-order valence-electron chi connectivity index (χ3n) is 6.80. The molecule has 8 heteroatoms. The lowest BCUT2D eigenvalue weighted by Gasteiger charge is -2.33. The molecule has 1 N–H and O–H groups in total. The highest BCUT2D eigenvalue weighted by Crippen LogP contribution is 2.27. The van der Waals surface area contributed by atoms with Gasteiger partial charge in [-0.1, -0.05) is 48.4 Å². The second-order valence-electron chi connectivity index (χ2n) is 9.88. The van der Waals surface area contributed by atoms with Crippen LogP contribution in [0.2, 0.25) is 5.02 Å². The maximum atomic E-state index is 13.5. The molecular weight excluding hydrogens is 506 g/mol. The summed E-state index contributed by atoms with van der Waals surface area (Å²) in [5.74, 6) is 0.290. The standard InChI is InChI=1S/C29H34ClN3O3S/c1-21-6-16-28(17-7-21)37(35,36)33(27-14-10-25(30)11-15-27)20-29(34)31-23(3)24-8-12-26(13-9-24)32-18-4-5-22(2)19-32/h6-17,22-23H,4-5,18-20H2,1-3H3,(H,31,34). The molecule has 2 atom stereocenters. The van der Waals surface area contributed by atoms with E-state index in [0.717, 1.165) is 28.5 Å². The minimum absolute atomic E-state index is 0.122. The minimum atomic E-state index is -3.98. The van der Waals surface area contributed by atoms with E-state index in [0.29, 0.717) is 16.6 Å². The number of halogens is 1. The summed E-state index contributed by atoms with van der Waals surface area (Å²) < 4.78 is 28.2. The van der Waals surface area contributed by atoms with Crippen LogP contribution < -0.4 is 14.5 Å². The van der Waals surface area contributed by atoms with Crippen LogP contribution in [0.25, 0.3) is 0 Å². The third kappa shape index (κ3) is 6.65. The summed E-state index contributed by atoms with van der Waals surface area (Å²) in [5, 5.41) is 3.45. The molecule has 0 aliphatic carbocycles. The molecule has 1 aliphatic heterocycles. The van der Waals surface area contributed by atoms with E-state index in [9.17, 15) is 13.2 Å². The zero-order valence-corrected chi connectivity index (χ0v) is 23.1. The molecule has 3 aromatic rings. The maximum Gasteiger partial charge on any atom is 0.264 e. The lowest BCUT2D eigenvalue weighted by Crippen LogP contribution is -2.41. The van der Waals surface area contributed by atoms with Crippen LogP contribution in [0.3, 0.4) is 0 Å². The van der Waals surface area contributed by atoms with E-state index in [2.05, 4.69) is 29.3 Å². The fourth-order valence-electron chi connectivity index (χ4n) is 4.66. The van der Waals surface area contributed by atoms with E-state index < -0.39 is 15.9 Å². The topological polar surface area (TPSA) is 69.7 Å². The highest BCUT2D eigenvalue weighted by molar-refractivity contribution is 7.92. The summed E-state index contributed by atoms with van der Waals surface area (Å²) in [7, 11) is -3.98. The van der Waals surface area contributed by atoms with E-state index in [-0.39, 0.29) is 17.5 Å². The summed E-state index contributed by atoms with van der Waals surface area (Å²) in [6.45, 7) is 7.84. The van der Waals surface area contributed by atoms with Gasteiger partial charge in [-0.05, 0) is 86.7 Å². The summed E-state index contributed by atoms with van der Waals surface area (Å²) >= 11 is 6.02. The van der Waals surface area contributed by atoms with Crippen molar-refractivity contribution in [1.29, 1.82) is 0 Å². The first-order chi connectivity index (χ1) is 17.6. The fraction of sp³-hybridized carbons (Fsp3) is 0.345. The molecule has 0 aromatic heterocycles. The Bertz CT molecular complexity index is 1310. The number of carbonyl (C=O) groups is 1. The predicted molar refractivity (Wildman–Crippen MR) is 151 cm³/mol. The van der Waals surface area contributed by atoms with Gasteiger partial charge < -0.3 is 10.2 Å². The molecule has 1 saturated heterocycles. The van der Waals surface area contributed by atoms with Gasteiger partial charge >= 0.3 is 0 Å². The van der Waals surface area contributed by atoms with E-state index in [1.807, 2.05) is 26.0 Å². The van der Waals surface area contributed by atoms with Gasteiger partial charge in [0.05, 0.1) is 16.6 Å². The molecule has 1 aliphatic rings. The van der Waals surface area contributed by atoms with Crippen molar-refractivity contribution in [2.45, 2.75) is 44.6 Å². The molecule has 0 saturated carbocycles. The van der Waals surface area contributed by atoms with Crippen LogP contribution in [-0.4, -0.2) is 34.0 Å². The Morgan fingerprint density at radius 3 is 2.32 bits per heavy atom. The largest absolute Gasteiger partial charge is 0.371 e. The maximum absolute atomic E-state index is 13.5. The molecule has 1 heterocycles. The number of sulfonamides is 1. The monoisotopic (exact) mass is 539 g/mol. The van der Waals surface area contributed by atoms with Crippen LogP contribution in [-0.2, 0) is 14.8 Å².